The van der Waals surface area contributed by atoms with Crippen molar-refractivity contribution in [3.8, 4) is 18.1 Å². The van der Waals surface area contributed by atoms with Gasteiger partial charge in [-0.3, -0.25) is 9.59 Å². The van der Waals surface area contributed by atoms with Crippen molar-refractivity contribution in [2.45, 2.75) is 64.9 Å². The highest BCUT2D eigenvalue weighted by Gasteiger charge is 2.36. The minimum Gasteiger partial charge on any atom is -0.461 e. The molecule has 0 aromatic heterocycles. The predicted molar refractivity (Wildman–Crippen MR) is 103 cm³/mol. The molecule has 5 heteroatoms. The number of rotatable bonds is 6. The molecule has 1 saturated heterocycles. The lowest BCUT2D eigenvalue weighted by molar-refractivity contribution is -0.150. The van der Waals surface area contributed by atoms with E-state index in [0.29, 0.717) is 18.8 Å². The molecule has 0 bridgehead atoms. The molecule has 1 atom stereocenters. The second-order valence-electron chi connectivity index (χ2n) is 7.86. The minimum absolute atomic E-state index is 0.0576. The average Bonchev–Trinajstić information content (AvgIpc) is 3.00. The number of esters is 2. The second kappa shape index (κ2) is 8.14. The van der Waals surface area contributed by atoms with Crippen molar-refractivity contribution in [3.05, 3.63) is 28.8 Å². The van der Waals surface area contributed by atoms with Crippen LogP contribution in [0.15, 0.2) is 12.1 Å². The Morgan fingerprint density at radius 1 is 1.33 bits per heavy atom. The Labute approximate surface area is 161 Å². The minimum atomic E-state index is -0.803. The molecule has 1 heterocycles. The lowest BCUT2D eigenvalue weighted by Crippen LogP contribution is -2.34. The van der Waals surface area contributed by atoms with E-state index in [0.717, 1.165) is 23.1 Å². The van der Waals surface area contributed by atoms with Crippen molar-refractivity contribution in [2.75, 3.05) is 13.2 Å². The zero-order valence-corrected chi connectivity index (χ0v) is 16.8. The van der Waals surface area contributed by atoms with Crippen LogP contribution in [0.5, 0.6) is 5.75 Å². The van der Waals surface area contributed by atoms with Gasteiger partial charge in [0, 0.05) is 24.5 Å². The van der Waals surface area contributed by atoms with Crippen molar-refractivity contribution in [1.82, 2.24) is 0 Å². The van der Waals surface area contributed by atoms with Crippen LogP contribution in [0.1, 0.15) is 56.7 Å². The van der Waals surface area contributed by atoms with Gasteiger partial charge in [0.15, 0.2) is 5.60 Å². The van der Waals surface area contributed by atoms with Crippen LogP contribution >= 0.6 is 0 Å². The number of carbonyl (C=O) groups excluding carboxylic acids is 2. The molecule has 146 valence electrons. The van der Waals surface area contributed by atoms with E-state index in [1.54, 1.807) is 0 Å². The fourth-order valence-electron chi connectivity index (χ4n) is 3.70. The molecular weight excluding hydrogens is 344 g/mol. The molecule has 0 spiro atoms. The van der Waals surface area contributed by atoms with Crippen LogP contribution in [0.2, 0.25) is 0 Å². The van der Waals surface area contributed by atoms with Crippen molar-refractivity contribution in [1.29, 1.82) is 0 Å². The molecule has 0 radical (unpaired) electrons. The first-order valence-electron chi connectivity index (χ1n) is 9.16. The standard InChI is InChI=1S/C22H28O5/c1-7-22(9-8-10-26-22)14-25-19(24)13-21(5,6)20-16(3)11-15(2)12-18(20)27-17(4)23/h1,11-12H,8-10,13-14H2,2-6H3. The van der Waals surface area contributed by atoms with Crippen molar-refractivity contribution >= 4 is 11.9 Å². The summed E-state index contributed by atoms with van der Waals surface area (Å²) in [7, 11) is 0. The van der Waals surface area contributed by atoms with Gasteiger partial charge in [-0.15, -0.1) is 6.42 Å². The van der Waals surface area contributed by atoms with E-state index in [9.17, 15) is 9.59 Å². The van der Waals surface area contributed by atoms with Gasteiger partial charge in [-0.25, -0.2) is 0 Å². The van der Waals surface area contributed by atoms with Crippen LogP contribution in [0, 0.1) is 26.2 Å². The van der Waals surface area contributed by atoms with Crippen LogP contribution in [0.25, 0.3) is 0 Å². The van der Waals surface area contributed by atoms with Crippen LogP contribution in [-0.4, -0.2) is 30.8 Å². The third-order valence-electron chi connectivity index (χ3n) is 4.79. The molecule has 1 aliphatic heterocycles. The van der Waals surface area contributed by atoms with E-state index in [4.69, 9.17) is 20.6 Å². The molecule has 1 aliphatic rings. The van der Waals surface area contributed by atoms with E-state index in [1.165, 1.54) is 6.92 Å². The molecule has 2 rings (SSSR count). The van der Waals surface area contributed by atoms with E-state index < -0.39 is 17.0 Å². The zero-order chi connectivity index (χ0) is 20.2. The summed E-state index contributed by atoms with van der Waals surface area (Å²) in [5.74, 6) is 2.34. The van der Waals surface area contributed by atoms with Gasteiger partial charge in [0.1, 0.15) is 12.4 Å². The molecule has 1 unspecified atom stereocenters. The van der Waals surface area contributed by atoms with E-state index in [1.807, 2.05) is 39.8 Å². The highest BCUT2D eigenvalue weighted by Crippen LogP contribution is 2.38. The molecule has 1 aromatic carbocycles. The topological polar surface area (TPSA) is 61.8 Å². The monoisotopic (exact) mass is 372 g/mol. The van der Waals surface area contributed by atoms with E-state index in [-0.39, 0.29) is 19.0 Å². The Balaban J connectivity index is 2.17. The Morgan fingerprint density at radius 3 is 2.59 bits per heavy atom. The van der Waals surface area contributed by atoms with Crippen LogP contribution in [0.3, 0.4) is 0 Å². The summed E-state index contributed by atoms with van der Waals surface area (Å²) in [5.41, 5.74) is 1.38. The Bertz CT molecular complexity index is 764. The molecule has 0 saturated carbocycles. The number of hydrogen-bond donors (Lipinski definition) is 0. The van der Waals surface area contributed by atoms with Gasteiger partial charge < -0.3 is 14.2 Å². The first-order valence-corrected chi connectivity index (χ1v) is 9.16. The Morgan fingerprint density at radius 2 is 2.04 bits per heavy atom. The lowest BCUT2D eigenvalue weighted by atomic mass is 9.78. The van der Waals surface area contributed by atoms with Crippen LogP contribution in [0.4, 0.5) is 0 Å². The number of benzene rings is 1. The first-order chi connectivity index (χ1) is 12.6. The maximum absolute atomic E-state index is 12.5. The number of carbonyl (C=O) groups is 2. The van der Waals surface area contributed by atoms with Crippen LogP contribution in [-0.2, 0) is 24.5 Å². The molecule has 5 nitrogen and oxygen atoms in total. The largest absolute Gasteiger partial charge is 0.461 e. The maximum atomic E-state index is 12.5. The van der Waals surface area contributed by atoms with Gasteiger partial charge >= 0.3 is 11.9 Å². The van der Waals surface area contributed by atoms with Gasteiger partial charge in [-0.1, -0.05) is 25.8 Å². The summed E-state index contributed by atoms with van der Waals surface area (Å²) in [6.45, 7) is 9.76. The SMILES string of the molecule is C#CC1(COC(=O)CC(C)(C)c2c(C)cc(C)cc2OC(C)=O)CCCO1. The summed E-state index contributed by atoms with van der Waals surface area (Å²) < 4.78 is 16.4. The Kier molecular flexibility index (Phi) is 6.33. The van der Waals surface area contributed by atoms with Gasteiger partial charge in [-0.2, -0.15) is 0 Å². The Hall–Kier alpha value is -2.32. The molecule has 1 aromatic rings. The van der Waals surface area contributed by atoms with Gasteiger partial charge in [0.05, 0.1) is 6.42 Å². The highest BCUT2D eigenvalue weighted by molar-refractivity contribution is 5.73. The number of hydrogen-bond acceptors (Lipinski definition) is 5. The lowest BCUT2D eigenvalue weighted by Gasteiger charge is -2.29. The van der Waals surface area contributed by atoms with Crippen molar-refractivity contribution < 1.29 is 23.8 Å². The number of aryl methyl sites for hydroxylation is 2. The second-order valence-corrected chi connectivity index (χ2v) is 7.86. The fourth-order valence-corrected chi connectivity index (χ4v) is 3.70. The van der Waals surface area contributed by atoms with Gasteiger partial charge in [0.25, 0.3) is 0 Å². The highest BCUT2D eigenvalue weighted by atomic mass is 16.6. The van der Waals surface area contributed by atoms with Crippen LogP contribution < -0.4 is 4.74 Å². The summed E-state index contributed by atoms with van der Waals surface area (Å²) in [4.78, 5) is 24.0. The third kappa shape index (κ3) is 5.11. The summed E-state index contributed by atoms with van der Waals surface area (Å²) in [6, 6.07) is 3.83. The normalized spacial score (nSPS) is 19.4. The molecule has 0 N–H and O–H groups in total. The van der Waals surface area contributed by atoms with E-state index in [2.05, 4.69) is 5.92 Å². The van der Waals surface area contributed by atoms with Crippen molar-refractivity contribution in [2.24, 2.45) is 0 Å². The molecule has 27 heavy (non-hydrogen) atoms. The average molecular weight is 372 g/mol. The number of terminal acetylenes is 1. The quantitative estimate of drug-likeness (QED) is 0.434. The molecule has 1 fully saturated rings. The molecule has 0 aliphatic carbocycles. The molecular formula is C22H28O5. The first kappa shape index (κ1) is 21.0. The summed E-state index contributed by atoms with van der Waals surface area (Å²) in [6.07, 6.45) is 7.24. The smallest absolute Gasteiger partial charge is 0.308 e. The van der Waals surface area contributed by atoms with Crippen molar-refractivity contribution in [3.63, 3.8) is 0 Å². The summed E-state index contributed by atoms with van der Waals surface area (Å²) >= 11 is 0. The van der Waals surface area contributed by atoms with Gasteiger partial charge in [-0.05, 0) is 43.9 Å². The molecule has 0 amide bonds. The zero-order valence-electron chi connectivity index (χ0n) is 16.8. The predicted octanol–water partition coefficient (Wildman–Crippen LogP) is 3.62. The van der Waals surface area contributed by atoms with E-state index >= 15 is 0 Å². The number of ether oxygens (including phenoxy) is 3. The van der Waals surface area contributed by atoms with Gasteiger partial charge in [0.2, 0.25) is 0 Å². The summed E-state index contributed by atoms with van der Waals surface area (Å²) in [5, 5.41) is 0. The fraction of sp³-hybridized carbons (Fsp3) is 0.545. The third-order valence-corrected chi connectivity index (χ3v) is 4.79. The maximum Gasteiger partial charge on any atom is 0.308 e.